The van der Waals surface area contributed by atoms with E-state index in [4.69, 9.17) is 19.2 Å². The number of hydrogen-bond acceptors (Lipinski definition) is 6. The van der Waals surface area contributed by atoms with Crippen LogP contribution >= 0.6 is 24.0 Å². The van der Waals surface area contributed by atoms with Crippen LogP contribution < -0.4 is 20.1 Å². The predicted octanol–water partition coefficient (Wildman–Crippen LogP) is 2.27. The van der Waals surface area contributed by atoms with Crippen LogP contribution in [0.3, 0.4) is 0 Å². The summed E-state index contributed by atoms with van der Waals surface area (Å²) >= 11 is 0. The number of guanidine groups is 1. The first-order valence-corrected chi connectivity index (χ1v) is 10.7. The summed E-state index contributed by atoms with van der Waals surface area (Å²) in [6, 6.07) is 5.77. The highest BCUT2D eigenvalue weighted by Gasteiger charge is 2.23. The van der Waals surface area contributed by atoms with E-state index < -0.39 is 6.10 Å². The van der Waals surface area contributed by atoms with Crippen molar-refractivity contribution in [1.82, 2.24) is 15.5 Å². The molecule has 1 fully saturated rings. The number of methoxy groups -OCH3 is 2. The highest BCUT2D eigenvalue weighted by molar-refractivity contribution is 14.0. The molecule has 8 nitrogen and oxygen atoms in total. The van der Waals surface area contributed by atoms with Crippen molar-refractivity contribution in [3.8, 4) is 11.5 Å². The lowest BCUT2D eigenvalue weighted by Gasteiger charge is -2.36. The molecule has 3 N–H and O–H groups in total. The Kier molecular flexibility index (Phi) is 13.2. The molecule has 0 saturated carbocycles. The van der Waals surface area contributed by atoms with Crippen molar-refractivity contribution in [2.75, 3.05) is 60.2 Å². The number of morpholine rings is 1. The van der Waals surface area contributed by atoms with Gasteiger partial charge in [-0.05, 0) is 30.5 Å². The van der Waals surface area contributed by atoms with E-state index >= 15 is 0 Å². The van der Waals surface area contributed by atoms with Gasteiger partial charge in [-0.25, -0.2) is 0 Å². The van der Waals surface area contributed by atoms with Crippen molar-refractivity contribution in [3.63, 3.8) is 0 Å². The smallest absolute Gasteiger partial charge is 0.191 e. The average molecular weight is 550 g/mol. The molecule has 2 rings (SSSR count). The van der Waals surface area contributed by atoms with Gasteiger partial charge in [0.15, 0.2) is 5.96 Å². The predicted molar refractivity (Wildman–Crippen MR) is 135 cm³/mol. The standard InChI is InChI=1S/C22H38N4O4.HI/c1-6-23-22(24-14-20(16(2)3)26-7-9-30-10-8-26)25-15-21(27)17-11-18(28-4)13-19(12-17)29-5;/h11-13,16,20-21,27H,6-10,14-15H2,1-5H3,(H2,23,24,25);1H. The van der Waals surface area contributed by atoms with E-state index in [0.717, 1.165) is 38.4 Å². The maximum atomic E-state index is 10.7. The number of rotatable bonds is 10. The summed E-state index contributed by atoms with van der Waals surface area (Å²) in [5.74, 6) is 2.48. The van der Waals surface area contributed by atoms with E-state index in [1.54, 1.807) is 20.3 Å². The van der Waals surface area contributed by atoms with Crippen molar-refractivity contribution in [2.24, 2.45) is 10.9 Å². The van der Waals surface area contributed by atoms with Crippen molar-refractivity contribution in [1.29, 1.82) is 0 Å². The molecule has 2 atom stereocenters. The van der Waals surface area contributed by atoms with Crippen molar-refractivity contribution >= 4 is 29.9 Å². The normalized spacial score (nSPS) is 16.9. The number of aliphatic hydroxyl groups is 1. The van der Waals surface area contributed by atoms with Crippen LogP contribution in [0.15, 0.2) is 23.2 Å². The summed E-state index contributed by atoms with van der Waals surface area (Å²) in [5.41, 5.74) is 0.725. The highest BCUT2D eigenvalue weighted by atomic mass is 127. The number of aliphatic hydroxyl groups excluding tert-OH is 1. The van der Waals surface area contributed by atoms with E-state index in [1.165, 1.54) is 0 Å². The van der Waals surface area contributed by atoms with Crippen LogP contribution in [-0.4, -0.2) is 82.2 Å². The van der Waals surface area contributed by atoms with E-state index in [0.29, 0.717) is 42.5 Å². The molecule has 0 aromatic heterocycles. The van der Waals surface area contributed by atoms with Gasteiger partial charge in [0.05, 0.1) is 40.1 Å². The van der Waals surface area contributed by atoms with Gasteiger partial charge in [0, 0.05) is 38.3 Å². The van der Waals surface area contributed by atoms with Gasteiger partial charge in [0.2, 0.25) is 0 Å². The number of benzene rings is 1. The van der Waals surface area contributed by atoms with Crippen LogP contribution in [0.1, 0.15) is 32.4 Å². The lowest BCUT2D eigenvalue weighted by molar-refractivity contribution is 0.00867. The summed E-state index contributed by atoms with van der Waals surface area (Å²) < 4.78 is 16.1. The maximum Gasteiger partial charge on any atom is 0.191 e. The number of ether oxygens (including phenoxy) is 3. The first-order chi connectivity index (χ1) is 14.5. The lowest BCUT2D eigenvalue weighted by atomic mass is 10.0. The summed E-state index contributed by atoms with van der Waals surface area (Å²) in [5, 5.41) is 17.2. The quantitative estimate of drug-likeness (QED) is 0.234. The fraction of sp³-hybridized carbons (Fsp3) is 0.682. The van der Waals surface area contributed by atoms with Gasteiger partial charge in [0.25, 0.3) is 0 Å². The van der Waals surface area contributed by atoms with Crippen molar-refractivity contribution in [3.05, 3.63) is 23.8 Å². The summed E-state index contributed by atoms with van der Waals surface area (Å²) in [6.07, 6.45) is -0.724. The Morgan fingerprint density at radius 3 is 2.26 bits per heavy atom. The fourth-order valence-corrected chi connectivity index (χ4v) is 3.52. The molecule has 1 saturated heterocycles. The van der Waals surface area contributed by atoms with E-state index in [9.17, 15) is 5.11 Å². The maximum absolute atomic E-state index is 10.7. The molecule has 0 amide bonds. The number of hydrogen-bond donors (Lipinski definition) is 3. The van der Waals surface area contributed by atoms with Gasteiger partial charge >= 0.3 is 0 Å². The molecule has 9 heteroatoms. The Hall–Kier alpha value is -1.30. The Labute approximate surface area is 203 Å². The van der Waals surface area contributed by atoms with Crippen molar-refractivity contribution < 1.29 is 19.3 Å². The molecule has 0 spiro atoms. The van der Waals surface area contributed by atoms with E-state index in [-0.39, 0.29) is 24.0 Å². The molecule has 1 aliphatic rings. The Balaban J connectivity index is 0.00000480. The Morgan fingerprint density at radius 2 is 1.74 bits per heavy atom. The Morgan fingerprint density at radius 1 is 1.13 bits per heavy atom. The molecule has 0 bridgehead atoms. The number of nitrogens with zero attached hydrogens (tertiary/aromatic N) is 2. The highest BCUT2D eigenvalue weighted by Crippen LogP contribution is 2.26. The molecule has 31 heavy (non-hydrogen) atoms. The molecule has 0 aliphatic carbocycles. The van der Waals surface area contributed by atoms with Crippen molar-refractivity contribution in [2.45, 2.75) is 32.9 Å². The molecule has 178 valence electrons. The molecule has 2 unspecified atom stereocenters. The van der Waals surface area contributed by atoms with Crippen LogP contribution in [0, 0.1) is 5.92 Å². The third-order valence-electron chi connectivity index (χ3n) is 5.29. The number of halogens is 1. The van der Waals surface area contributed by atoms with Crippen LogP contribution in [0.25, 0.3) is 0 Å². The van der Waals surface area contributed by atoms with Crippen LogP contribution in [0.5, 0.6) is 11.5 Å². The van der Waals surface area contributed by atoms with Gasteiger partial charge in [-0.15, -0.1) is 24.0 Å². The third kappa shape index (κ3) is 8.99. The minimum absolute atomic E-state index is 0. The monoisotopic (exact) mass is 550 g/mol. The molecule has 1 aliphatic heterocycles. The lowest BCUT2D eigenvalue weighted by Crippen LogP contribution is -2.48. The van der Waals surface area contributed by atoms with E-state index in [2.05, 4.69) is 29.4 Å². The third-order valence-corrected chi connectivity index (χ3v) is 5.29. The average Bonchev–Trinajstić information content (AvgIpc) is 2.77. The van der Waals surface area contributed by atoms with Gasteiger partial charge in [0.1, 0.15) is 11.5 Å². The second-order valence-corrected chi connectivity index (χ2v) is 7.72. The molecule has 1 heterocycles. The second-order valence-electron chi connectivity index (χ2n) is 7.72. The topological polar surface area (TPSA) is 87.6 Å². The molecule has 0 radical (unpaired) electrons. The molecule has 1 aromatic rings. The summed E-state index contributed by atoms with van der Waals surface area (Å²) in [7, 11) is 3.19. The van der Waals surface area contributed by atoms with Crippen LogP contribution in [0.2, 0.25) is 0 Å². The number of nitrogens with one attached hydrogen (secondary N) is 2. The molecule has 1 aromatic carbocycles. The minimum Gasteiger partial charge on any atom is -0.497 e. The second kappa shape index (κ2) is 14.7. The zero-order chi connectivity index (χ0) is 21.9. The van der Waals surface area contributed by atoms with Gasteiger partial charge < -0.3 is 30.0 Å². The van der Waals surface area contributed by atoms with Gasteiger partial charge in [-0.1, -0.05) is 13.8 Å². The van der Waals surface area contributed by atoms with Crippen LogP contribution in [0.4, 0.5) is 0 Å². The Bertz CT molecular complexity index is 647. The SMILES string of the molecule is CCNC(=NCC(C(C)C)N1CCOCC1)NCC(O)c1cc(OC)cc(OC)c1.I. The summed E-state index contributed by atoms with van der Waals surface area (Å²) in [6.45, 7) is 11.7. The van der Waals surface area contributed by atoms with Gasteiger partial charge in [-0.2, -0.15) is 0 Å². The number of aliphatic imine (C=N–C) groups is 1. The molecular weight excluding hydrogens is 511 g/mol. The van der Waals surface area contributed by atoms with E-state index in [1.807, 2.05) is 19.1 Å². The first-order valence-electron chi connectivity index (χ1n) is 10.7. The molecular formula is C22H39IN4O4. The first kappa shape index (κ1) is 27.7. The largest absolute Gasteiger partial charge is 0.497 e. The van der Waals surface area contributed by atoms with Crippen LogP contribution in [-0.2, 0) is 4.74 Å². The summed E-state index contributed by atoms with van der Waals surface area (Å²) in [4.78, 5) is 7.25. The zero-order valence-corrected chi connectivity index (χ0v) is 21.7. The zero-order valence-electron chi connectivity index (χ0n) is 19.4. The fourth-order valence-electron chi connectivity index (χ4n) is 3.52. The minimum atomic E-state index is -0.724. The van der Waals surface area contributed by atoms with Gasteiger partial charge in [-0.3, -0.25) is 9.89 Å².